The Hall–Kier alpha value is -0.630. The van der Waals surface area contributed by atoms with Gasteiger partial charge < -0.3 is 9.63 Å². The van der Waals surface area contributed by atoms with Gasteiger partial charge in [-0.2, -0.15) is 0 Å². The number of ether oxygens (including phenoxy) is 1. The van der Waals surface area contributed by atoms with Crippen LogP contribution in [0.3, 0.4) is 0 Å². The predicted octanol–water partition coefficient (Wildman–Crippen LogP) is 3.28. The molecule has 1 aliphatic rings. The van der Waals surface area contributed by atoms with Crippen molar-refractivity contribution >= 4 is 12.7 Å². The lowest BCUT2D eigenvalue weighted by atomic mass is 10.1. The third-order valence-electron chi connectivity index (χ3n) is 3.56. The third-order valence-corrected chi connectivity index (χ3v) is 6.14. The molecule has 1 aliphatic heterocycles. The lowest BCUT2D eigenvalue weighted by Gasteiger charge is -2.19. The van der Waals surface area contributed by atoms with Crippen LogP contribution in [0.25, 0.3) is 0 Å². The number of benzene rings is 1. The second-order valence-corrected chi connectivity index (χ2v) is 7.44. The van der Waals surface area contributed by atoms with E-state index in [9.17, 15) is 9.46 Å². The van der Waals surface area contributed by atoms with Crippen LogP contribution in [0.15, 0.2) is 30.3 Å². The van der Waals surface area contributed by atoms with Crippen LogP contribution in [0.5, 0.6) is 0 Å². The lowest BCUT2D eigenvalue weighted by Crippen LogP contribution is -2.20. The fraction of sp³-hybridized carbons (Fsp3) is 0.571. The number of hydrogen-bond donors (Lipinski definition) is 1. The Kier molecular flexibility index (Phi) is 4.26. The molecule has 0 bridgehead atoms. The van der Waals surface area contributed by atoms with Gasteiger partial charge in [0.25, 0.3) is 7.37 Å². The van der Waals surface area contributed by atoms with Crippen molar-refractivity contribution in [2.45, 2.75) is 44.4 Å². The van der Waals surface area contributed by atoms with Crippen LogP contribution in [0.4, 0.5) is 0 Å². The summed E-state index contributed by atoms with van der Waals surface area (Å²) >= 11 is 0. The van der Waals surface area contributed by atoms with Gasteiger partial charge in [0.2, 0.25) is 0 Å². The van der Waals surface area contributed by atoms with E-state index in [0.717, 1.165) is 12.8 Å². The molecule has 1 N–H and O–H groups in total. The number of hydrogen-bond acceptors (Lipinski definition) is 2. The van der Waals surface area contributed by atoms with Crippen LogP contribution in [0.2, 0.25) is 0 Å². The molecule has 1 fully saturated rings. The van der Waals surface area contributed by atoms with Crippen molar-refractivity contribution in [2.24, 2.45) is 0 Å². The zero-order valence-electron chi connectivity index (χ0n) is 10.8. The molecule has 2 unspecified atom stereocenters. The zero-order chi connectivity index (χ0) is 13.1. The second kappa shape index (κ2) is 5.56. The quantitative estimate of drug-likeness (QED) is 0.469. The van der Waals surface area contributed by atoms with E-state index in [0.29, 0.717) is 18.3 Å². The normalized spacial score (nSPS) is 25.7. The molecule has 0 saturated carbocycles. The summed E-state index contributed by atoms with van der Waals surface area (Å²) in [4.78, 5) is 10.4. The number of epoxide rings is 1. The molecule has 18 heavy (non-hydrogen) atoms. The number of rotatable bonds is 7. The molecule has 0 spiro atoms. The van der Waals surface area contributed by atoms with Crippen molar-refractivity contribution in [3.8, 4) is 0 Å². The van der Waals surface area contributed by atoms with Crippen molar-refractivity contribution < 1.29 is 14.2 Å². The monoisotopic (exact) mass is 268 g/mol. The Balaban J connectivity index is 2.03. The molecule has 2 rings (SSSR count). The molecule has 1 aromatic carbocycles. The van der Waals surface area contributed by atoms with E-state index >= 15 is 0 Å². The van der Waals surface area contributed by atoms with E-state index in [1.165, 1.54) is 12.8 Å². The van der Waals surface area contributed by atoms with Crippen LogP contribution < -0.4 is 5.30 Å². The maximum absolute atomic E-state index is 12.6. The van der Waals surface area contributed by atoms with Gasteiger partial charge in [-0.3, -0.25) is 4.57 Å². The average Bonchev–Trinajstić information content (AvgIpc) is 3.17. The molecule has 0 radical (unpaired) electrons. The number of unbranched alkanes of at least 4 members (excludes halogenated alkanes) is 3. The minimum atomic E-state index is -3.41. The summed E-state index contributed by atoms with van der Waals surface area (Å²) in [5.74, 6) is 0. The second-order valence-electron chi connectivity index (χ2n) is 4.96. The van der Waals surface area contributed by atoms with Crippen LogP contribution in [-0.2, 0) is 9.30 Å². The fourth-order valence-corrected chi connectivity index (χ4v) is 4.17. The fourth-order valence-electron chi connectivity index (χ4n) is 2.25. The predicted molar refractivity (Wildman–Crippen MR) is 73.3 cm³/mol. The van der Waals surface area contributed by atoms with Gasteiger partial charge in [0.05, 0.1) is 6.61 Å². The molecule has 4 heteroatoms. The van der Waals surface area contributed by atoms with Crippen LogP contribution in [0, 0.1) is 0 Å². The summed E-state index contributed by atoms with van der Waals surface area (Å²) in [7, 11) is -3.41. The SMILES string of the molecule is CCCCCCC1(P(=O)(O)c2ccccc2)CO1. The highest BCUT2D eigenvalue weighted by molar-refractivity contribution is 7.67. The summed E-state index contributed by atoms with van der Waals surface area (Å²) in [6.45, 7) is 2.58. The van der Waals surface area contributed by atoms with E-state index in [4.69, 9.17) is 4.74 Å². The Bertz CT molecular complexity index is 426. The van der Waals surface area contributed by atoms with Crippen LogP contribution >= 0.6 is 7.37 Å². The highest BCUT2D eigenvalue weighted by Gasteiger charge is 2.59. The molecule has 0 amide bonds. The van der Waals surface area contributed by atoms with Crippen molar-refractivity contribution in [1.29, 1.82) is 0 Å². The van der Waals surface area contributed by atoms with E-state index < -0.39 is 12.7 Å². The van der Waals surface area contributed by atoms with Gasteiger partial charge in [0.1, 0.15) is 0 Å². The van der Waals surface area contributed by atoms with Crippen molar-refractivity contribution in [3.05, 3.63) is 30.3 Å². The first kappa shape index (κ1) is 13.8. The van der Waals surface area contributed by atoms with Crippen molar-refractivity contribution in [3.63, 3.8) is 0 Å². The molecular formula is C14H21O3P. The van der Waals surface area contributed by atoms with E-state index in [1.54, 1.807) is 24.3 Å². The Morgan fingerprint density at radius 3 is 2.50 bits per heavy atom. The molecular weight excluding hydrogens is 247 g/mol. The third kappa shape index (κ3) is 2.69. The van der Waals surface area contributed by atoms with Gasteiger partial charge in [-0.25, -0.2) is 0 Å². The summed E-state index contributed by atoms with van der Waals surface area (Å²) in [6.07, 6.45) is 5.11. The molecule has 3 nitrogen and oxygen atoms in total. The largest absolute Gasteiger partial charge is 0.358 e. The molecule has 100 valence electrons. The van der Waals surface area contributed by atoms with Gasteiger partial charge in [0.15, 0.2) is 5.34 Å². The van der Waals surface area contributed by atoms with Gasteiger partial charge >= 0.3 is 0 Å². The smallest absolute Gasteiger partial charge is 0.262 e. The average molecular weight is 268 g/mol. The summed E-state index contributed by atoms with van der Waals surface area (Å²) in [5, 5.41) is -0.278. The summed E-state index contributed by atoms with van der Waals surface area (Å²) < 4.78 is 18.0. The first-order chi connectivity index (χ1) is 8.62. The summed E-state index contributed by atoms with van der Waals surface area (Å²) in [6, 6.07) is 8.88. The Morgan fingerprint density at radius 1 is 1.28 bits per heavy atom. The first-order valence-electron chi connectivity index (χ1n) is 6.65. The maximum Gasteiger partial charge on any atom is 0.262 e. The minimum absolute atomic E-state index is 0.418. The highest BCUT2D eigenvalue weighted by Crippen LogP contribution is 2.63. The first-order valence-corrected chi connectivity index (χ1v) is 8.31. The van der Waals surface area contributed by atoms with E-state index in [1.807, 2.05) is 6.07 Å². The van der Waals surface area contributed by atoms with Gasteiger partial charge in [-0.05, 0) is 25.0 Å². The highest BCUT2D eigenvalue weighted by atomic mass is 31.2. The van der Waals surface area contributed by atoms with Gasteiger partial charge in [-0.1, -0.05) is 44.4 Å². The topological polar surface area (TPSA) is 49.8 Å². The Labute approximate surface area is 109 Å². The van der Waals surface area contributed by atoms with E-state index in [2.05, 4.69) is 6.92 Å². The summed E-state index contributed by atoms with van der Waals surface area (Å²) in [5.41, 5.74) is 0. The molecule has 2 atom stereocenters. The maximum atomic E-state index is 12.6. The molecule has 1 saturated heterocycles. The van der Waals surface area contributed by atoms with Crippen LogP contribution in [0.1, 0.15) is 39.0 Å². The minimum Gasteiger partial charge on any atom is -0.358 e. The molecule has 1 heterocycles. The van der Waals surface area contributed by atoms with Crippen molar-refractivity contribution in [1.82, 2.24) is 0 Å². The standard InChI is InChI=1S/C14H21O3P/c1-2-3-4-8-11-14(12-17-14)18(15,16)13-9-6-5-7-10-13/h5-7,9-10H,2-4,8,11-12H2,1H3,(H,15,16). The molecule has 1 aromatic rings. The van der Waals surface area contributed by atoms with Crippen molar-refractivity contribution in [2.75, 3.05) is 6.61 Å². The van der Waals surface area contributed by atoms with Crippen LogP contribution in [-0.4, -0.2) is 16.8 Å². The zero-order valence-corrected chi connectivity index (χ0v) is 11.7. The lowest BCUT2D eigenvalue weighted by molar-refractivity contribution is 0.325. The Morgan fingerprint density at radius 2 is 1.94 bits per heavy atom. The molecule has 0 aliphatic carbocycles. The van der Waals surface area contributed by atoms with Gasteiger partial charge in [-0.15, -0.1) is 0 Å². The van der Waals surface area contributed by atoms with Gasteiger partial charge in [0, 0.05) is 5.30 Å². The molecule has 0 aromatic heterocycles. The van der Waals surface area contributed by atoms with E-state index in [-0.39, 0.29) is 0 Å².